The number of hydrogen-bond acceptors (Lipinski definition) is 5. The van der Waals surface area contributed by atoms with Crippen molar-refractivity contribution in [2.75, 3.05) is 18.5 Å². The SMILES string of the molecule is O=C(Nc1c(C2CCOCC2)ccc2c1CCC2)NS(=O)(=O)c1ccn(C2CC2)n1. The second-order valence-corrected chi connectivity index (χ2v) is 9.96. The number of rotatable bonds is 5. The summed E-state index contributed by atoms with van der Waals surface area (Å²) in [5, 5.41) is 6.86. The molecule has 2 amide bonds. The van der Waals surface area contributed by atoms with Gasteiger partial charge in [-0.25, -0.2) is 9.52 Å². The van der Waals surface area contributed by atoms with E-state index in [0.29, 0.717) is 19.1 Å². The van der Waals surface area contributed by atoms with E-state index in [1.54, 1.807) is 10.9 Å². The fourth-order valence-corrected chi connectivity index (χ4v) is 5.34. The van der Waals surface area contributed by atoms with Gasteiger partial charge in [0.05, 0.1) is 6.04 Å². The second-order valence-electron chi connectivity index (χ2n) is 8.33. The Labute approximate surface area is 176 Å². The minimum Gasteiger partial charge on any atom is -0.381 e. The van der Waals surface area contributed by atoms with E-state index in [4.69, 9.17) is 4.74 Å². The quantitative estimate of drug-likeness (QED) is 0.759. The maximum atomic E-state index is 12.7. The van der Waals surface area contributed by atoms with Gasteiger partial charge >= 0.3 is 6.03 Å². The molecule has 160 valence electrons. The summed E-state index contributed by atoms with van der Waals surface area (Å²) >= 11 is 0. The van der Waals surface area contributed by atoms with Crippen LogP contribution in [0.4, 0.5) is 10.5 Å². The molecule has 1 saturated carbocycles. The second kappa shape index (κ2) is 7.70. The largest absolute Gasteiger partial charge is 0.381 e. The normalized spacial score (nSPS) is 19.5. The van der Waals surface area contributed by atoms with E-state index in [1.807, 2.05) is 0 Å². The summed E-state index contributed by atoms with van der Waals surface area (Å²) < 4.78 is 34.6. The zero-order valence-electron chi connectivity index (χ0n) is 16.8. The number of carbonyl (C=O) groups is 1. The van der Waals surface area contributed by atoms with Crippen molar-refractivity contribution in [1.29, 1.82) is 0 Å². The molecule has 2 aliphatic carbocycles. The van der Waals surface area contributed by atoms with Gasteiger partial charge in [0.1, 0.15) is 0 Å². The van der Waals surface area contributed by atoms with Crippen molar-refractivity contribution in [1.82, 2.24) is 14.5 Å². The van der Waals surface area contributed by atoms with Crippen molar-refractivity contribution < 1.29 is 17.9 Å². The molecule has 2 N–H and O–H groups in total. The minimum atomic E-state index is -4.03. The van der Waals surface area contributed by atoms with Crippen LogP contribution in [0.3, 0.4) is 0 Å². The molecule has 0 bridgehead atoms. The van der Waals surface area contributed by atoms with Crippen LogP contribution in [0.1, 0.15) is 60.8 Å². The van der Waals surface area contributed by atoms with Crippen molar-refractivity contribution in [2.45, 2.75) is 61.9 Å². The van der Waals surface area contributed by atoms with Gasteiger partial charge in [0.2, 0.25) is 0 Å². The summed E-state index contributed by atoms with van der Waals surface area (Å²) in [6, 6.07) is 5.20. The number of aryl methyl sites for hydroxylation is 1. The minimum absolute atomic E-state index is 0.132. The smallest absolute Gasteiger partial charge is 0.333 e. The number of ether oxygens (including phenoxy) is 1. The summed E-state index contributed by atoms with van der Waals surface area (Å²) in [6.45, 7) is 1.40. The highest BCUT2D eigenvalue weighted by atomic mass is 32.2. The first-order valence-electron chi connectivity index (χ1n) is 10.6. The van der Waals surface area contributed by atoms with Gasteiger partial charge in [-0.3, -0.25) is 4.68 Å². The van der Waals surface area contributed by atoms with Crippen LogP contribution in [0.25, 0.3) is 0 Å². The number of fused-ring (bicyclic) bond motifs is 1. The Hall–Kier alpha value is -2.39. The van der Waals surface area contributed by atoms with Crippen molar-refractivity contribution in [3.05, 3.63) is 41.1 Å². The Kier molecular flexibility index (Phi) is 5.02. The molecule has 1 aromatic carbocycles. The predicted molar refractivity (Wildman–Crippen MR) is 111 cm³/mol. The molecule has 30 heavy (non-hydrogen) atoms. The standard InChI is InChI=1S/C21H26N4O4S/c26-21(24-30(27,28)19-8-11-25(23-19)16-5-6-16)22-20-17-3-1-2-14(17)4-7-18(20)15-9-12-29-13-10-15/h4,7-8,11,15-16H,1-3,5-6,9-10,12-13H2,(H2,22,24,26). The van der Waals surface area contributed by atoms with Crippen LogP contribution < -0.4 is 10.0 Å². The molecule has 9 heteroatoms. The Morgan fingerprint density at radius 1 is 1.10 bits per heavy atom. The first kappa shape index (κ1) is 19.6. The number of urea groups is 1. The zero-order valence-corrected chi connectivity index (χ0v) is 17.6. The molecule has 2 fully saturated rings. The Bertz CT molecular complexity index is 1070. The van der Waals surface area contributed by atoms with Crippen molar-refractivity contribution in [3.8, 4) is 0 Å². The Balaban J connectivity index is 1.37. The van der Waals surface area contributed by atoms with E-state index in [-0.39, 0.29) is 11.1 Å². The molecular weight excluding hydrogens is 404 g/mol. The molecule has 1 aromatic heterocycles. The number of nitrogens with zero attached hydrogens (tertiary/aromatic N) is 2. The number of sulfonamides is 1. The number of benzene rings is 1. The number of nitrogens with one attached hydrogen (secondary N) is 2. The van der Waals surface area contributed by atoms with Crippen LogP contribution in [-0.2, 0) is 27.6 Å². The fraction of sp³-hybridized carbons (Fsp3) is 0.524. The topological polar surface area (TPSA) is 102 Å². The summed E-state index contributed by atoms with van der Waals surface area (Å²) in [5.41, 5.74) is 4.20. The van der Waals surface area contributed by atoms with Gasteiger partial charge in [-0.2, -0.15) is 13.5 Å². The van der Waals surface area contributed by atoms with E-state index >= 15 is 0 Å². The van der Waals surface area contributed by atoms with Crippen LogP contribution in [0.15, 0.2) is 29.4 Å². The van der Waals surface area contributed by atoms with Gasteiger partial charge in [-0.15, -0.1) is 0 Å². The molecule has 2 heterocycles. The van der Waals surface area contributed by atoms with Gasteiger partial charge in [0.15, 0.2) is 5.03 Å². The third kappa shape index (κ3) is 3.83. The average molecular weight is 431 g/mol. The fourth-order valence-electron chi connectivity index (χ4n) is 4.50. The highest BCUT2D eigenvalue weighted by Crippen LogP contribution is 2.39. The number of hydrogen-bond donors (Lipinski definition) is 2. The average Bonchev–Trinajstić information content (AvgIpc) is 3.25. The monoisotopic (exact) mass is 430 g/mol. The molecule has 3 aliphatic rings. The van der Waals surface area contributed by atoms with Gasteiger partial charge in [-0.05, 0) is 73.6 Å². The van der Waals surface area contributed by atoms with Gasteiger partial charge in [0.25, 0.3) is 10.0 Å². The number of carbonyl (C=O) groups excluding carboxylic acids is 1. The van der Waals surface area contributed by atoms with E-state index in [2.05, 4.69) is 27.3 Å². The predicted octanol–water partition coefficient (Wildman–Crippen LogP) is 3.11. The van der Waals surface area contributed by atoms with E-state index in [0.717, 1.165) is 61.8 Å². The van der Waals surface area contributed by atoms with E-state index in [9.17, 15) is 13.2 Å². The van der Waals surface area contributed by atoms with Crippen LogP contribution in [0.5, 0.6) is 0 Å². The van der Waals surface area contributed by atoms with Crippen LogP contribution in [-0.4, -0.2) is 37.4 Å². The zero-order chi connectivity index (χ0) is 20.7. The molecule has 1 aliphatic heterocycles. The maximum absolute atomic E-state index is 12.7. The first-order chi connectivity index (χ1) is 14.5. The summed E-state index contributed by atoms with van der Waals surface area (Å²) in [5.74, 6) is 0.297. The number of aromatic nitrogens is 2. The summed E-state index contributed by atoms with van der Waals surface area (Å²) in [7, 11) is -4.03. The van der Waals surface area contributed by atoms with Crippen molar-refractivity contribution in [3.63, 3.8) is 0 Å². The highest BCUT2D eigenvalue weighted by molar-refractivity contribution is 7.90. The molecule has 8 nitrogen and oxygen atoms in total. The molecular formula is C21H26N4O4S. The maximum Gasteiger partial charge on any atom is 0.333 e. The van der Waals surface area contributed by atoms with E-state index in [1.165, 1.54) is 11.6 Å². The lowest BCUT2D eigenvalue weighted by Crippen LogP contribution is -2.35. The third-order valence-electron chi connectivity index (χ3n) is 6.22. The van der Waals surface area contributed by atoms with Crippen molar-refractivity contribution in [2.24, 2.45) is 0 Å². The molecule has 2 aromatic rings. The number of anilines is 1. The Morgan fingerprint density at radius 2 is 1.90 bits per heavy atom. The number of amides is 2. The molecule has 1 saturated heterocycles. The lowest BCUT2D eigenvalue weighted by Gasteiger charge is -2.26. The highest BCUT2D eigenvalue weighted by Gasteiger charge is 2.29. The third-order valence-corrected chi connectivity index (χ3v) is 7.44. The first-order valence-corrected chi connectivity index (χ1v) is 12.1. The van der Waals surface area contributed by atoms with Gasteiger partial charge in [-0.1, -0.05) is 12.1 Å². The lowest BCUT2D eigenvalue weighted by atomic mass is 9.88. The molecule has 0 atom stereocenters. The van der Waals surface area contributed by atoms with Crippen LogP contribution >= 0.6 is 0 Å². The van der Waals surface area contributed by atoms with Crippen LogP contribution in [0, 0.1) is 0 Å². The van der Waals surface area contributed by atoms with Crippen LogP contribution in [0.2, 0.25) is 0 Å². The molecule has 5 rings (SSSR count). The van der Waals surface area contributed by atoms with E-state index < -0.39 is 16.1 Å². The van der Waals surface area contributed by atoms with Gasteiger partial charge in [0, 0.05) is 25.1 Å². The van der Waals surface area contributed by atoms with Crippen molar-refractivity contribution >= 4 is 21.7 Å². The summed E-state index contributed by atoms with van der Waals surface area (Å²) in [6.07, 6.45) is 8.36. The Morgan fingerprint density at radius 3 is 2.67 bits per heavy atom. The molecule has 0 spiro atoms. The summed E-state index contributed by atoms with van der Waals surface area (Å²) in [4.78, 5) is 12.7. The molecule has 0 unspecified atom stereocenters. The lowest BCUT2D eigenvalue weighted by molar-refractivity contribution is 0.0854. The van der Waals surface area contributed by atoms with Gasteiger partial charge < -0.3 is 10.1 Å². The molecule has 0 radical (unpaired) electrons.